The number of hydrogen-bond acceptors (Lipinski definition) is 8. The van der Waals surface area contributed by atoms with Gasteiger partial charge >= 0.3 is 11.7 Å². The minimum atomic E-state index is -1.04. The molecule has 0 aromatic heterocycles. The first kappa shape index (κ1) is 26.6. The summed E-state index contributed by atoms with van der Waals surface area (Å²) < 4.78 is 19.8. The van der Waals surface area contributed by atoms with Crippen LogP contribution in [0, 0.1) is 26.0 Å². The molecule has 3 aromatic rings. The molecule has 192 valence electrons. The lowest BCUT2D eigenvalue weighted by Gasteiger charge is -2.26. The third-order valence-corrected chi connectivity index (χ3v) is 6.13. The fourth-order valence-corrected chi connectivity index (χ4v) is 4.73. The molecule has 12 nitrogen and oxygen atoms in total. The number of halogens is 3. The number of barbiturate groups is 1. The molecule has 0 aliphatic carbocycles. The van der Waals surface area contributed by atoms with Gasteiger partial charge < -0.3 is 4.74 Å². The molecule has 1 heterocycles. The zero-order valence-electron chi connectivity index (χ0n) is 18.5. The van der Waals surface area contributed by atoms with Crippen molar-refractivity contribution in [1.29, 1.82) is 0 Å². The standard InChI is InChI=1S/C23H11Br2FN4O8/c24-12-7-11(8-16-21(31)27-23(33)28(22(16)32)14-3-1-13(26)2-4-14)20(17(25)9-12)38-19-6-5-15(29(34)35)10-18(19)30(36)37/h1-10H,(H,27,31,33)/b16-8+. The molecule has 1 fully saturated rings. The van der Waals surface area contributed by atoms with Crippen LogP contribution in [0.1, 0.15) is 5.56 Å². The molecule has 1 aliphatic rings. The van der Waals surface area contributed by atoms with Gasteiger partial charge in [-0.3, -0.25) is 35.1 Å². The number of hydrogen-bond donors (Lipinski definition) is 1. The minimum absolute atomic E-state index is 0.000649. The van der Waals surface area contributed by atoms with Gasteiger partial charge in [-0.15, -0.1) is 0 Å². The number of benzene rings is 3. The maximum absolute atomic E-state index is 13.3. The lowest BCUT2D eigenvalue weighted by atomic mass is 10.1. The predicted octanol–water partition coefficient (Wildman–Crippen LogP) is 5.63. The van der Waals surface area contributed by atoms with Gasteiger partial charge in [0.2, 0.25) is 5.75 Å². The van der Waals surface area contributed by atoms with E-state index in [1.165, 1.54) is 24.3 Å². The number of carbonyl (C=O) groups is 3. The number of nitrogens with zero attached hydrogens (tertiary/aromatic N) is 3. The highest BCUT2D eigenvalue weighted by molar-refractivity contribution is 9.11. The maximum atomic E-state index is 13.3. The van der Waals surface area contributed by atoms with Crippen LogP contribution in [-0.2, 0) is 9.59 Å². The highest BCUT2D eigenvalue weighted by Gasteiger charge is 2.37. The largest absolute Gasteiger partial charge is 0.448 e. The number of ether oxygens (including phenoxy) is 1. The minimum Gasteiger partial charge on any atom is -0.448 e. The van der Waals surface area contributed by atoms with Crippen molar-refractivity contribution in [1.82, 2.24) is 5.32 Å². The van der Waals surface area contributed by atoms with Crippen LogP contribution in [-0.4, -0.2) is 27.7 Å². The first-order valence-corrected chi connectivity index (χ1v) is 11.8. The van der Waals surface area contributed by atoms with Crippen molar-refractivity contribution in [3.63, 3.8) is 0 Å². The fraction of sp³-hybridized carbons (Fsp3) is 0. The molecule has 0 bridgehead atoms. The number of amides is 4. The molecular formula is C23H11Br2FN4O8. The Hall–Kier alpha value is -4.50. The Morgan fingerprint density at radius 3 is 2.26 bits per heavy atom. The van der Waals surface area contributed by atoms with Gasteiger partial charge in [0.25, 0.3) is 17.5 Å². The third kappa shape index (κ3) is 5.28. The maximum Gasteiger partial charge on any atom is 0.335 e. The van der Waals surface area contributed by atoms with Crippen molar-refractivity contribution in [2.75, 3.05) is 4.90 Å². The molecule has 15 heteroatoms. The summed E-state index contributed by atoms with van der Waals surface area (Å²) in [6.45, 7) is 0. The number of non-ortho nitro benzene ring substituents is 1. The Balaban J connectivity index is 1.81. The number of urea groups is 1. The Morgan fingerprint density at radius 1 is 0.947 bits per heavy atom. The Kier molecular flexibility index (Phi) is 7.32. The second-order valence-corrected chi connectivity index (χ2v) is 9.28. The molecule has 0 radical (unpaired) electrons. The number of anilines is 1. The highest BCUT2D eigenvalue weighted by atomic mass is 79.9. The van der Waals surface area contributed by atoms with Crippen molar-refractivity contribution in [3.8, 4) is 11.5 Å². The first-order chi connectivity index (χ1) is 18.0. The summed E-state index contributed by atoms with van der Waals surface area (Å²) in [5.74, 6) is -3.09. The van der Waals surface area contributed by atoms with E-state index in [1.807, 2.05) is 5.32 Å². The van der Waals surface area contributed by atoms with Crippen LogP contribution < -0.4 is 15.0 Å². The van der Waals surface area contributed by atoms with Crippen molar-refractivity contribution < 1.29 is 33.4 Å². The van der Waals surface area contributed by atoms with Gasteiger partial charge in [0.05, 0.1) is 26.1 Å². The average molecular weight is 650 g/mol. The molecule has 4 amide bonds. The lowest BCUT2D eigenvalue weighted by Crippen LogP contribution is -2.54. The zero-order chi connectivity index (χ0) is 27.7. The fourth-order valence-electron chi connectivity index (χ4n) is 3.39. The Bertz CT molecular complexity index is 1580. The summed E-state index contributed by atoms with van der Waals surface area (Å²) in [5.41, 5.74) is -1.66. The predicted molar refractivity (Wildman–Crippen MR) is 137 cm³/mol. The van der Waals surface area contributed by atoms with Gasteiger partial charge in [0.15, 0.2) is 0 Å². The van der Waals surface area contributed by atoms with E-state index in [9.17, 15) is 39.0 Å². The third-order valence-electron chi connectivity index (χ3n) is 5.09. The molecule has 0 saturated carbocycles. The number of rotatable bonds is 6. The summed E-state index contributed by atoms with van der Waals surface area (Å²) in [6.07, 6.45) is 1.10. The van der Waals surface area contributed by atoms with E-state index >= 15 is 0 Å². The summed E-state index contributed by atoms with van der Waals surface area (Å²) in [6, 6.07) is 9.11. The number of nitro groups is 2. The second-order valence-electron chi connectivity index (χ2n) is 7.51. The van der Waals surface area contributed by atoms with Gasteiger partial charge in [-0.1, -0.05) is 15.9 Å². The van der Waals surface area contributed by atoms with Gasteiger partial charge in [0, 0.05) is 16.1 Å². The van der Waals surface area contributed by atoms with E-state index in [4.69, 9.17) is 4.74 Å². The van der Waals surface area contributed by atoms with Gasteiger partial charge in [-0.2, -0.15) is 0 Å². The van der Waals surface area contributed by atoms with Gasteiger partial charge in [-0.25, -0.2) is 14.1 Å². The molecule has 0 atom stereocenters. The smallest absolute Gasteiger partial charge is 0.335 e. The van der Waals surface area contributed by atoms with E-state index in [1.54, 1.807) is 0 Å². The zero-order valence-corrected chi connectivity index (χ0v) is 21.7. The van der Waals surface area contributed by atoms with E-state index in [0.717, 1.165) is 36.4 Å². The van der Waals surface area contributed by atoms with Crippen LogP contribution >= 0.6 is 31.9 Å². The summed E-state index contributed by atoms with van der Waals surface area (Å²) in [4.78, 5) is 59.8. The van der Waals surface area contributed by atoms with Gasteiger partial charge in [-0.05, 0) is 64.5 Å². The first-order valence-electron chi connectivity index (χ1n) is 10.2. The molecule has 1 N–H and O–H groups in total. The SMILES string of the molecule is O=C1NC(=O)N(c2ccc(F)cc2)C(=O)/C1=C/c1cc(Br)cc(Br)c1Oc1ccc([N+](=O)[O-])cc1[N+](=O)[O-]. The quantitative estimate of drug-likeness (QED) is 0.156. The van der Waals surface area contributed by atoms with E-state index in [-0.39, 0.29) is 27.2 Å². The van der Waals surface area contributed by atoms with Crippen LogP contribution in [0.15, 0.2) is 69.1 Å². The molecule has 1 saturated heterocycles. The number of nitrogens with one attached hydrogen (secondary N) is 1. The van der Waals surface area contributed by atoms with Crippen LogP contribution in [0.25, 0.3) is 6.08 Å². The summed E-state index contributed by atoms with van der Waals surface area (Å²) in [7, 11) is 0. The summed E-state index contributed by atoms with van der Waals surface area (Å²) in [5, 5.41) is 24.6. The molecule has 1 aliphatic heterocycles. The number of imide groups is 2. The van der Waals surface area contributed by atoms with Crippen LogP contribution in [0.3, 0.4) is 0 Å². The van der Waals surface area contributed by atoms with Crippen LogP contribution in [0.4, 0.5) is 26.2 Å². The monoisotopic (exact) mass is 648 g/mol. The number of nitro benzene ring substituents is 2. The molecule has 0 spiro atoms. The topological polar surface area (TPSA) is 162 Å². The molecular weight excluding hydrogens is 639 g/mol. The van der Waals surface area contributed by atoms with Gasteiger partial charge in [0.1, 0.15) is 17.1 Å². The summed E-state index contributed by atoms with van der Waals surface area (Å²) >= 11 is 6.54. The lowest BCUT2D eigenvalue weighted by molar-refractivity contribution is -0.394. The van der Waals surface area contributed by atoms with Crippen LogP contribution in [0.5, 0.6) is 11.5 Å². The Labute approximate surface area is 228 Å². The van der Waals surface area contributed by atoms with Crippen LogP contribution in [0.2, 0.25) is 0 Å². The van der Waals surface area contributed by atoms with E-state index in [2.05, 4.69) is 31.9 Å². The molecule has 0 unspecified atom stereocenters. The number of carbonyl (C=O) groups excluding carboxylic acids is 3. The van der Waals surface area contributed by atoms with Crippen molar-refractivity contribution >= 4 is 72.8 Å². The molecule has 4 rings (SSSR count). The second kappa shape index (κ2) is 10.5. The van der Waals surface area contributed by atoms with Crippen molar-refractivity contribution in [3.05, 3.63) is 101 Å². The molecule has 3 aromatic carbocycles. The van der Waals surface area contributed by atoms with Crippen molar-refractivity contribution in [2.24, 2.45) is 0 Å². The average Bonchev–Trinajstić information content (AvgIpc) is 2.84. The Morgan fingerprint density at radius 2 is 1.63 bits per heavy atom. The van der Waals surface area contributed by atoms with E-state index in [0.29, 0.717) is 9.37 Å². The normalized spacial score (nSPS) is 14.4. The highest BCUT2D eigenvalue weighted by Crippen LogP contribution is 2.41. The van der Waals surface area contributed by atoms with E-state index < -0.39 is 50.5 Å². The van der Waals surface area contributed by atoms with Crippen molar-refractivity contribution in [2.45, 2.75) is 0 Å². The molecule has 38 heavy (non-hydrogen) atoms.